The largest absolute Gasteiger partial charge is 0.325 e. The van der Waals surface area contributed by atoms with Crippen molar-refractivity contribution in [1.29, 1.82) is 0 Å². The van der Waals surface area contributed by atoms with Crippen molar-refractivity contribution in [3.05, 3.63) is 32.1 Å². The molecule has 2 N–H and O–H groups in total. The summed E-state index contributed by atoms with van der Waals surface area (Å²) in [4.78, 5) is 27.1. The third kappa shape index (κ3) is 2.58. The van der Waals surface area contributed by atoms with E-state index in [1.807, 2.05) is 0 Å². The first-order chi connectivity index (χ1) is 6.50. The summed E-state index contributed by atoms with van der Waals surface area (Å²) in [6.45, 7) is 5.97. The van der Waals surface area contributed by atoms with Crippen LogP contribution in [0.3, 0.4) is 0 Å². The summed E-state index contributed by atoms with van der Waals surface area (Å²) in [5.74, 6) is 0.556. The van der Waals surface area contributed by atoms with Crippen LogP contribution in [0.4, 0.5) is 0 Å². The van der Waals surface area contributed by atoms with Gasteiger partial charge in [-0.05, 0) is 25.7 Å². The normalized spacial score (nSPS) is 10.9. The molecule has 0 saturated heterocycles. The maximum Gasteiger partial charge on any atom is 0.325 e. The Bertz CT molecular complexity index is 415. The molecule has 0 aliphatic rings. The van der Waals surface area contributed by atoms with E-state index in [-0.39, 0.29) is 5.56 Å². The monoisotopic (exact) mass is 196 g/mol. The summed E-state index contributed by atoms with van der Waals surface area (Å²) >= 11 is 0. The summed E-state index contributed by atoms with van der Waals surface area (Å²) < 4.78 is 0. The Kier molecular flexibility index (Phi) is 3.28. The van der Waals surface area contributed by atoms with Crippen LogP contribution in [0.25, 0.3) is 0 Å². The summed E-state index contributed by atoms with van der Waals surface area (Å²) in [5.41, 5.74) is 0.686. The fraction of sp³-hybridized carbons (Fsp3) is 0.600. The molecule has 0 amide bonds. The van der Waals surface area contributed by atoms with Crippen LogP contribution in [0.2, 0.25) is 0 Å². The molecule has 1 heterocycles. The molecule has 14 heavy (non-hydrogen) atoms. The van der Waals surface area contributed by atoms with Crippen LogP contribution in [0, 0.1) is 12.8 Å². The van der Waals surface area contributed by atoms with Gasteiger partial charge in [-0.1, -0.05) is 13.8 Å². The van der Waals surface area contributed by atoms with Crippen molar-refractivity contribution >= 4 is 0 Å². The maximum atomic E-state index is 11.4. The van der Waals surface area contributed by atoms with Crippen LogP contribution >= 0.6 is 0 Å². The lowest BCUT2D eigenvalue weighted by molar-refractivity contribution is 0.581. The van der Waals surface area contributed by atoms with Crippen LogP contribution in [0.5, 0.6) is 0 Å². The highest BCUT2D eigenvalue weighted by Gasteiger charge is 2.06. The van der Waals surface area contributed by atoms with E-state index in [4.69, 9.17) is 0 Å². The molecule has 0 radical (unpaired) electrons. The Morgan fingerprint density at radius 1 is 1.21 bits per heavy atom. The van der Waals surface area contributed by atoms with E-state index in [1.54, 1.807) is 6.92 Å². The highest BCUT2D eigenvalue weighted by atomic mass is 16.2. The molecule has 4 nitrogen and oxygen atoms in total. The Labute approximate surface area is 82.4 Å². The van der Waals surface area contributed by atoms with Crippen molar-refractivity contribution in [2.24, 2.45) is 5.92 Å². The van der Waals surface area contributed by atoms with Gasteiger partial charge in [0.15, 0.2) is 0 Å². The van der Waals surface area contributed by atoms with Crippen molar-refractivity contribution < 1.29 is 0 Å². The summed E-state index contributed by atoms with van der Waals surface area (Å²) in [7, 11) is 0. The standard InChI is InChI=1S/C10H16N2O2/c1-6(2)4-5-8-7(3)11-10(14)12-9(8)13/h6H,4-5H2,1-3H3,(H2,11,12,13,14). The molecule has 0 atom stereocenters. The lowest BCUT2D eigenvalue weighted by Gasteiger charge is -2.05. The second kappa shape index (κ2) is 4.26. The minimum Gasteiger partial charge on any atom is -0.311 e. The molecule has 0 spiro atoms. The van der Waals surface area contributed by atoms with Gasteiger partial charge in [0.05, 0.1) is 0 Å². The fourth-order valence-electron chi connectivity index (χ4n) is 1.36. The van der Waals surface area contributed by atoms with Gasteiger partial charge in [0.2, 0.25) is 0 Å². The molecule has 0 unspecified atom stereocenters. The second-order valence-corrected chi connectivity index (χ2v) is 3.94. The molecule has 0 aromatic carbocycles. The molecule has 0 aliphatic heterocycles. The molecule has 4 heteroatoms. The predicted molar refractivity (Wildman–Crippen MR) is 55.6 cm³/mol. The molecular formula is C10H16N2O2. The van der Waals surface area contributed by atoms with Gasteiger partial charge in [0.1, 0.15) is 0 Å². The van der Waals surface area contributed by atoms with Gasteiger partial charge in [-0.3, -0.25) is 9.78 Å². The van der Waals surface area contributed by atoms with Crippen LogP contribution in [-0.4, -0.2) is 9.97 Å². The number of hydrogen-bond donors (Lipinski definition) is 2. The smallest absolute Gasteiger partial charge is 0.311 e. The van der Waals surface area contributed by atoms with Gasteiger partial charge in [-0.15, -0.1) is 0 Å². The number of aromatic nitrogens is 2. The first-order valence-corrected chi connectivity index (χ1v) is 4.82. The Hall–Kier alpha value is -1.32. The molecule has 0 saturated carbocycles. The number of aromatic amines is 2. The van der Waals surface area contributed by atoms with E-state index in [9.17, 15) is 9.59 Å². The van der Waals surface area contributed by atoms with Crippen molar-refractivity contribution in [2.45, 2.75) is 33.6 Å². The summed E-state index contributed by atoms with van der Waals surface area (Å²) in [5, 5.41) is 0. The van der Waals surface area contributed by atoms with Crippen molar-refractivity contribution in [2.75, 3.05) is 0 Å². The highest BCUT2D eigenvalue weighted by molar-refractivity contribution is 5.14. The molecule has 0 fully saturated rings. The van der Waals surface area contributed by atoms with E-state index in [0.717, 1.165) is 12.8 Å². The third-order valence-electron chi connectivity index (χ3n) is 2.23. The van der Waals surface area contributed by atoms with Gasteiger partial charge in [0, 0.05) is 11.3 Å². The van der Waals surface area contributed by atoms with Crippen LogP contribution in [0.15, 0.2) is 9.59 Å². The average Bonchev–Trinajstić information content (AvgIpc) is 2.01. The zero-order chi connectivity index (χ0) is 10.7. The molecule has 78 valence electrons. The zero-order valence-corrected chi connectivity index (χ0v) is 8.81. The second-order valence-electron chi connectivity index (χ2n) is 3.94. The Balaban J connectivity index is 2.98. The number of aryl methyl sites for hydroxylation is 1. The van der Waals surface area contributed by atoms with Gasteiger partial charge in [-0.25, -0.2) is 4.79 Å². The minimum absolute atomic E-state index is 0.257. The van der Waals surface area contributed by atoms with Crippen LogP contribution in [-0.2, 0) is 6.42 Å². The molecule has 1 aromatic heterocycles. The topological polar surface area (TPSA) is 65.7 Å². The number of hydrogen-bond acceptors (Lipinski definition) is 2. The number of nitrogens with one attached hydrogen (secondary N) is 2. The average molecular weight is 196 g/mol. The molecule has 0 aliphatic carbocycles. The van der Waals surface area contributed by atoms with E-state index < -0.39 is 5.69 Å². The predicted octanol–water partition coefficient (Wildman–Crippen LogP) is 0.960. The Morgan fingerprint density at radius 3 is 2.36 bits per heavy atom. The van der Waals surface area contributed by atoms with E-state index in [2.05, 4.69) is 23.8 Å². The first-order valence-electron chi connectivity index (χ1n) is 4.82. The number of rotatable bonds is 3. The van der Waals surface area contributed by atoms with Crippen molar-refractivity contribution in [1.82, 2.24) is 9.97 Å². The van der Waals surface area contributed by atoms with Crippen LogP contribution in [0.1, 0.15) is 31.5 Å². The third-order valence-corrected chi connectivity index (χ3v) is 2.23. The van der Waals surface area contributed by atoms with E-state index in [0.29, 0.717) is 17.2 Å². The van der Waals surface area contributed by atoms with Crippen molar-refractivity contribution in [3.63, 3.8) is 0 Å². The van der Waals surface area contributed by atoms with E-state index in [1.165, 1.54) is 0 Å². The van der Waals surface area contributed by atoms with Crippen molar-refractivity contribution in [3.8, 4) is 0 Å². The van der Waals surface area contributed by atoms with Gasteiger partial charge in [-0.2, -0.15) is 0 Å². The summed E-state index contributed by atoms with van der Waals surface area (Å²) in [6.07, 6.45) is 1.67. The molecule has 1 aromatic rings. The SMILES string of the molecule is Cc1[nH]c(=O)[nH]c(=O)c1CCC(C)C. The van der Waals surface area contributed by atoms with Gasteiger partial charge < -0.3 is 4.98 Å². The van der Waals surface area contributed by atoms with Crippen LogP contribution < -0.4 is 11.2 Å². The highest BCUT2D eigenvalue weighted by Crippen LogP contribution is 2.06. The zero-order valence-electron chi connectivity index (χ0n) is 8.81. The van der Waals surface area contributed by atoms with Gasteiger partial charge >= 0.3 is 5.69 Å². The lowest BCUT2D eigenvalue weighted by atomic mass is 10.0. The lowest BCUT2D eigenvalue weighted by Crippen LogP contribution is -2.27. The van der Waals surface area contributed by atoms with Gasteiger partial charge in [0.25, 0.3) is 5.56 Å². The maximum absolute atomic E-state index is 11.4. The first kappa shape index (κ1) is 10.8. The van der Waals surface area contributed by atoms with E-state index >= 15 is 0 Å². The molecule has 1 rings (SSSR count). The Morgan fingerprint density at radius 2 is 1.86 bits per heavy atom. The summed E-state index contributed by atoms with van der Waals surface area (Å²) in [6, 6.07) is 0. The minimum atomic E-state index is -0.430. The molecule has 0 bridgehead atoms. The molecular weight excluding hydrogens is 180 g/mol. The quantitative estimate of drug-likeness (QED) is 0.756. The number of H-pyrrole nitrogens is 2. The fourth-order valence-corrected chi connectivity index (χ4v) is 1.36.